The third kappa shape index (κ3) is 2.74. The summed E-state index contributed by atoms with van der Waals surface area (Å²) in [6.07, 6.45) is -0.489. The minimum Gasteiger partial charge on any atom is -0.372 e. The van der Waals surface area contributed by atoms with Gasteiger partial charge in [-0.3, -0.25) is 4.98 Å². The van der Waals surface area contributed by atoms with Gasteiger partial charge in [-0.15, -0.1) is 0 Å². The van der Waals surface area contributed by atoms with Crippen molar-refractivity contribution in [3.63, 3.8) is 0 Å². The minimum atomic E-state index is -1.06. The Hall–Kier alpha value is -2.80. The molecule has 2 heterocycles. The fourth-order valence-electron chi connectivity index (χ4n) is 2.71. The van der Waals surface area contributed by atoms with Crippen molar-refractivity contribution in [3.8, 4) is 22.4 Å². The highest BCUT2D eigenvalue weighted by molar-refractivity contribution is 5.69. The van der Waals surface area contributed by atoms with Gasteiger partial charge in [-0.05, 0) is 11.1 Å². The lowest BCUT2D eigenvalue weighted by molar-refractivity contribution is 0.0453. The van der Waals surface area contributed by atoms with Crippen LogP contribution in [0.25, 0.3) is 22.4 Å². The number of aliphatic hydroxyl groups excluding tert-OH is 2. The van der Waals surface area contributed by atoms with E-state index < -0.39 is 12.6 Å². The van der Waals surface area contributed by atoms with Gasteiger partial charge in [0, 0.05) is 5.56 Å². The number of aliphatic hydroxyl groups is 2. The van der Waals surface area contributed by atoms with E-state index in [0.29, 0.717) is 17.2 Å². The molecule has 2 unspecified atom stereocenters. The van der Waals surface area contributed by atoms with Crippen molar-refractivity contribution in [3.05, 3.63) is 66.5 Å². The molecule has 1 aliphatic rings. The van der Waals surface area contributed by atoms with Crippen LogP contribution in [-0.4, -0.2) is 26.5 Å². The van der Waals surface area contributed by atoms with E-state index in [-0.39, 0.29) is 0 Å². The van der Waals surface area contributed by atoms with E-state index in [0.717, 1.165) is 16.7 Å². The van der Waals surface area contributed by atoms with Crippen LogP contribution in [0.3, 0.4) is 0 Å². The van der Waals surface area contributed by atoms with Crippen LogP contribution in [0.4, 0.5) is 5.82 Å². The first-order valence-corrected chi connectivity index (χ1v) is 7.62. The zero-order chi connectivity index (χ0) is 16.5. The minimum absolute atomic E-state index is 0.366. The topological polar surface area (TPSA) is 90.3 Å². The van der Waals surface area contributed by atoms with Crippen LogP contribution < -0.4 is 10.6 Å². The molecular formula is C18H16N4O2. The summed E-state index contributed by atoms with van der Waals surface area (Å²) in [6.45, 7) is 0. The van der Waals surface area contributed by atoms with Crippen LogP contribution in [0.5, 0.6) is 0 Å². The van der Waals surface area contributed by atoms with E-state index in [9.17, 15) is 10.2 Å². The Balaban J connectivity index is 1.66. The Morgan fingerprint density at radius 3 is 2.25 bits per heavy atom. The highest BCUT2D eigenvalue weighted by Crippen LogP contribution is 2.27. The number of benzene rings is 2. The fraction of sp³-hybridized carbons (Fsp3) is 0.111. The number of hydrogen-bond donors (Lipinski definition) is 4. The second kappa shape index (κ2) is 6.01. The first-order chi connectivity index (χ1) is 11.7. The predicted molar refractivity (Wildman–Crippen MR) is 90.6 cm³/mol. The normalized spacial score (nSPS) is 19.4. The molecule has 2 atom stereocenters. The highest BCUT2D eigenvalue weighted by Gasteiger charge is 2.25. The number of hydrogen-bond acceptors (Lipinski definition) is 6. The van der Waals surface area contributed by atoms with Crippen molar-refractivity contribution in [1.29, 1.82) is 0 Å². The summed E-state index contributed by atoms with van der Waals surface area (Å²) in [6, 6.07) is 18.2. The monoisotopic (exact) mass is 320 g/mol. The third-order valence-corrected chi connectivity index (χ3v) is 3.94. The van der Waals surface area contributed by atoms with E-state index >= 15 is 0 Å². The molecule has 0 spiro atoms. The molecule has 0 radical (unpaired) electrons. The highest BCUT2D eigenvalue weighted by atomic mass is 16.3. The van der Waals surface area contributed by atoms with Gasteiger partial charge in [0.15, 0.2) is 18.4 Å². The Morgan fingerprint density at radius 2 is 1.50 bits per heavy atom. The molecule has 4 N–H and O–H groups in total. The molecule has 0 amide bonds. The summed E-state index contributed by atoms with van der Waals surface area (Å²) in [5, 5.41) is 24.7. The van der Waals surface area contributed by atoms with Gasteiger partial charge in [-0.25, -0.2) is 10.3 Å². The van der Waals surface area contributed by atoms with Crippen molar-refractivity contribution < 1.29 is 10.2 Å². The molecule has 2 aromatic carbocycles. The van der Waals surface area contributed by atoms with Gasteiger partial charge in [-0.1, -0.05) is 54.6 Å². The maximum atomic E-state index is 9.84. The lowest BCUT2D eigenvalue weighted by Gasteiger charge is -2.26. The number of aromatic nitrogens is 2. The summed E-state index contributed by atoms with van der Waals surface area (Å²) in [5.41, 5.74) is 4.22. The fourth-order valence-corrected chi connectivity index (χ4v) is 2.71. The summed E-state index contributed by atoms with van der Waals surface area (Å²) in [5.74, 6) is 0.374. The number of anilines is 1. The molecule has 24 heavy (non-hydrogen) atoms. The zero-order valence-corrected chi connectivity index (χ0v) is 12.7. The second-order valence-electron chi connectivity index (χ2n) is 5.55. The van der Waals surface area contributed by atoms with Crippen LogP contribution in [0.1, 0.15) is 11.9 Å². The summed E-state index contributed by atoms with van der Waals surface area (Å²) in [7, 11) is 0. The van der Waals surface area contributed by atoms with Gasteiger partial charge in [-0.2, -0.15) is 0 Å². The smallest absolute Gasteiger partial charge is 0.184 e. The van der Waals surface area contributed by atoms with E-state index in [2.05, 4.69) is 32.7 Å². The van der Waals surface area contributed by atoms with Crippen molar-refractivity contribution in [2.24, 2.45) is 0 Å². The van der Waals surface area contributed by atoms with E-state index in [1.807, 2.05) is 42.5 Å². The lowest BCUT2D eigenvalue weighted by Crippen LogP contribution is -2.43. The molecule has 6 heteroatoms. The van der Waals surface area contributed by atoms with Crippen LogP contribution in [0, 0.1) is 0 Å². The van der Waals surface area contributed by atoms with E-state index in [1.54, 1.807) is 6.20 Å². The molecule has 6 nitrogen and oxygen atoms in total. The van der Waals surface area contributed by atoms with Crippen molar-refractivity contribution in [1.82, 2.24) is 15.3 Å². The lowest BCUT2D eigenvalue weighted by atomic mass is 10.0. The third-order valence-electron chi connectivity index (χ3n) is 3.94. The maximum Gasteiger partial charge on any atom is 0.184 e. The van der Waals surface area contributed by atoms with Crippen LogP contribution in [-0.2, 0) is 0 Å². The molecule has 0 aliphatic carbocycles. The Morgan fingerprint density at radius 1 is 0.833 bits per heavy atom. The average Bonchev–Trinajstić information content (AvgIpc) is 2.62. The maximum absolute atomic E-state index is 9.84. The van der Waals surface area contributed by atoms with Crippen molar-refractivity contribution >= 4 is 5.82 Å². The van der Waals surface area contributed by atoms with Gasteiger partial charge < -0.3 is 15.5 Å². The van der Waals surface area contributed by atoms with Crippen LogP contribution >= 0.6 is 0 Å². The summed E-state index contributed by atoms with van der Waals surface area (Å²) in [4.78, 5) is 8.70. The van der Waals surface area contributed by atoms with Crippen LogP contribution in [0.15, 0.2) is 60.8 Å². The zero-order valence-electron chi connectivity index (χ0n) is 12.7. The van der Waals surface area contributed by atoms with Gasteiger partial charge in [0.1, 0.15) is 5.69 Å². The SMILES string of the molecule is OC1Nc2nc(-c3ccc(-c4ccccc4)cc3)cnc2C(O)N1. The predicted octanol–water partition coefficient (Wildman–Crippen LogP) is 2.09. The largest absolute Gasteiger partial charge is 0.372 e. The quantitative estimate of drug-likeness (QED) is 0.578. The number of rotatable bonds is 2. The Labute approximate surface area is 138 Å². The van der Waals surface area contributed by atoms with Gasteiger partial charge in [0.25, 0.3) is 0 Å². The van der Waals surface area contributed by atoms with Gasteiger partial charge >= 0.3 is 0 Å². The molecule has 1 aromatic heterocycles. The van der Waals surface area contributed by atoms with Crippen LogP contribution in [0.2, 0.25) is 0 Å². The number of fused-ring (bicyclic) bond motifs is 1. The summed E-state index contributed by atoms with van der Waals surface area (Å²) < 4.78 is 0. The molecule has 120 valence electrons. The molecule has 0 saturated heterocycles. The molecule has 4 rings (SSSR count). The molecule has 0 bridgehead atoms. The van der Waals surface area contributed by atoms with Gasteiger partial charge in [0.05, 0.1) is 11.9 Å². The van der Waals surface area contributed by atoms with Gasteiger partial charge in [0.2, 0.25) is 0 Å². The Kier molecular flexibility index (Phi) is 3.70. The molecule has 0 saturated carbocycles. The number of nitrogens with zero attached hydrogens (tertiary/aromatic N) is 2. The van der Waals surface area contributed by atoms with E-state index in [1.165, 1.54) is 0 Å². The number of nitrogens with one attached hydrogen (secondary N) is 2. The Bertz CT molecular complexity index is 853. The first kappa shape index (κ1) is 14.8. The average molecular weight is 320 g/mol. The second-order valence-corrected chi connectivity index (χ2v) is 5.55. The van der Waals surface area contributed by atoms with Crippen molar-refractivity contribution in [2.75, 3.05) is 5.32 Å². The first-order valence-electron chi connectivity index (χ1n) is 7.62. The van der Waals surface area contributed by atoms with E-state index in [4.69, 9.17) is 0 Å². The molecule has 3 aromatic rings. The molecule has 0 fully saturated rings. The molecule has 1 aliphatic heterocycles. The molecular weight excluding hydrogens is 304 g/mol. The summed E-state index contributed by atoms with van der Waals surface area (Å²) >= 11 is 0. The standard InChI is InChI=1S/C18H16N4O2/c23-17-15-16(21-18(24)22-17)20-14(10-19-15)13-8-6-12(7-9-13)11-4-2-1-3-5-11/h1-10,17-18,22-24H,(H,20,21). The van der Waals surface area contributed by atoms with Crippen molar-refractivity contribution in [2.45, 2.75) is 12.6 Å².